The van der Waals surface area contributed by atoms with Gasteiger partial charge in [-0.05, 0) is 18.9 Å². The number of hydrogen-bond donors (Lipinski definition) is 3. The highest BCUT2D eigenvalue weighted by Gasteiger charge is 2.26. The molecule has 2 rings (SSSR count). The molecule has 0 saturated heterocycles. The molecule has 0 radical (unpaired) electrons. The Labute approximate surface area is 157 Å². The fraction of sp³-hybridized carbons (Fsp3) is 0.312. The van der Waals surface area contributed by atoms with Crippen LogP contribution in [0.15, 0.2) is 12.4 Å². The van der Waals surface area contributed by atoms with E-state index in [1.165, 1.54) is 6.20 Å². The number of primary amides is 1. The first kappa shape index (κ1) is 20.1. The molecule has 0 atom stereocenters. The van der Waals surface area contributed by atoms with Crippen molar-refractivity contribution in [2.45, 2.75) is 26.8 Å². The van der Waals surface area contributed by atoms with Crippen LogP contribution in [-0.2, 0) is 16.1 Å². The predicted octanol–water partition coefficient (Wildman–Crippen LogP) is 1.26. The Morgan fingerprint density at radius 2 is 2.07 bits per heavy atom. The largest absolute Gasteiger partial charge is 0.478 e. The number of nitrogens with two attached hydrogens (primary N) is 1. The fourth-order valence-corrected chi connectivity index (χ4v) is 3.29. The summed E-state index contributed by atoms with van der Waals surface area (Å²) in [6.45, 7) is 3.29. The molecule has 0 aliphatic carbocycles. The lowest BCUT2D eigenvalue weighted by atomic mass is 10.1. The SMILES string of the molecule is CCCOC(=O)c1c(NC(=O)Cn2cc(C(=O)O)cn2)sc(C(N)=O)c1C. The first-order valence-corrected chi connectivity index (χ1v) is 8.72. The Bertz CT molecular complexity index is 901. The third kappa shape index (κ3) is 4.70. The molecule has 0 bridgehead atoms. The molecule has 2 amide bonds. The Kier molecular flexibility index (Phi) is 6.29. The summed E-state index contributed by atoms with van der Waals surface area (Å²) < 4.78 is 6.25. The second-order valence-electron chi connectivity index (χ2n) is 5.54. The molecule has 144 valence electrons. The number of carbonyl (C=O) groups excluding carboxylic acids is 3. The number of aromatic carboxylic acids is 1. The molecule has 0 aromatic carbocycles. The lowest BCUT2D eigenvalue weighted by Gasteiger charge is -2.07. The summed E-state index contributed by atoms with van der Waals surface area (Å²) in [5.74, 6) is -3.11. The van der Waals surface area contributed by atoms with Crippen molar-refractivity contribution in [2.24, 2.45) is 5.73 Å². The highest BCUT2D eigenvalue weighted by Crippen LogP contribution is 2.33. The zero-order valence-electron chi connectivity index (χ0n) is 14.6. The minimum absolute atomic E-state index is 0.0605. The van der Waals surface area contributed by atoms with Gasteiger partial charge in [-0.15, -0.1) is 11.3 Å². The van der Waals surface area contributed by atoms with Gasteiger partial charge in [0.05, 0.1) is 28.8 Å². The molecule has 2 heterocycles. The van der Waals surface area contributed by atoms with Gasteiger partial charge >= 0.3 is 11.9 Å². The number of aromatic nitrogens is 2. The van der Waals surface area contributed by atoms with E-state index in [2.05, 4.69) is 10.4 Å². The van der Waals surface area contributed by atoms with Crippen molar-refractivity contribution in [1.82, 2.24) is 9.78 Å². The van der Waals surface area contributed by atoms with Gasteiger partial charge in [0.1, 0.15) is 11.5 Å². The summed E-state index contributed by atoms with van der Waals surface area (Å²) in [6.07, 6.45) is 2.93. The van der Waals surface area contributed by atoms with Crippen molar-refractivity contribution in [3.63, 3.8) is 0 Å². The van der Waals surface area contributed by atoms with Gasteiger partial charge in [-0.1, -0.05) is 6.92 Å². The topological polar surface area (TPSA) is 154 Å². The van der Waals surface area contributed by atoms with Crippen LogP contribution in [0.4, 0.5) is 5.00 Å². The third-order valence-corrected chi connectivity index (χ3v) is 4.67. The van der Waals surface area contributed by atoms with E-state index in [4.69, 9.17) is 15.6 Å². The van der Waals surface area contributed by atoms with Crippen molar-refractivity contribution in [3.8, 4) is 0 Å². The van der Waals surface area contributed by atoms with Crippen LogP contribution in [0, 0.1) is 6.92 Å². The summed E-state index contributed by atoms with van der Waals surface area (Å²) in [5.41, 5.74) is 5.66. The summed E-state index contributed by atoms with van der Waals surface area (Å²) in [6, 6.07) is 0. The van der Waals surface area contributed by atoms with E-state index in [9.17, 15) is 19.2 Å². The third-order valence-electron chi connectivity index (χ3n) is 3.45. The molecule has 0 aliphatic rings. The Balaban J connectivity index is 2.23. The highest BCUT2D eigenvalue weighted by molar-refractivity contribution is 7.18. The number of rotatable bonds is 8. The summed E-state index contributed by atoms with van der Waals surface area (Å²) in [5, 5.41) is 15.3. The van der Waals surface area contributed by atoms with Crippen LogP contribution in [-0.4, -0.2) is 45.2 Å². The fourth-order valence-electron chi connectivity index (χ4n) is 2.22. The van der Waals surface area contributed by atoms with Gasteiger partial charge in [-0.3, -0.25) is 14.3 Å². The minimum Gasteiger partial charge on any atom is -0.478 e. The van der Waals surface area contributed by atoms with E-state index in [1.54, 1.807) is 6.92 Å². The molecule has 0 spiro atoms. The monoisotopic (exact) mass is 394 g/mol. The summed E-state index contributed by atoms with van der Waals surface area (Å²) in [7, 11) is 0. The Hall–Kier alpha value is -3.21. The number of anilines is 1. The minimum atomic E-state index is -1.16. The number of amides is 2. The molecule has 10 nitrogen and oxygen atoms in total. The first-order chi connectivity index (χ1) is 12.7. The van der Waals surface area contributed by atoms with E-state index in [0.717, 1.165) is 22.2 Å². The van der Waals surface area contributed by atoms with Crippen LogP contribution in [0.3, 0.4) is 0 Å². The molecule has 27 heavy (non-hydrogen) atoms. The molecule has 0 aliphatic heterocycles. The second-order valence-corrected chi connectivity index (χ2v) is 6.56. The molecule has 0 saturated carbocycles. The number of carboxylic acid groups (broad SMARTS) is 1. The highest BCUT2D eigenvalue weighted by atomic mass is 32.1. The molecule has 2 aromatic rings. The molecule has 11 heteroatoms. The van der Waals surface area contributed by atoms with E-state index >= 15 is 0 Å². The normalized spacial score (nSPS) is 10.4. The maximum Gasteiger partial charge on any atom is 0.341 e. The Morgan fingerprint density at radius 1 is 1.37 bits per heavy atom. The number of carbonyl (C=O) groups is 4. The Morgan fingerprint density at radius 3 is 2.63 bits per heavy atom. The molecule has 0 fully saturated rings. The van der Waals surface area contributed by atoms with Gasteiger partial charge in [-0.25, -0.2) is 9.59 Å². The van der Waals surface area contributed by atoms with Crippen molar-refractivity contribution in [2.75, 3.05) is 11.9 Å². The quantitative estimate of drug-likeness (QED) is 0.569. The molecular weight excluding hydrogens is 376 g/mol. The lowest BCUT2D eigenvalue weighted by molar-refractivity contribution is -0.116. The lowest BCUT2D eigenvalue weighted by Crippen LogP contribution is -2.20. The molecule has 2 aromatic heterocycles. The average Bonchev–Trinajstić information content (AvgIpc) is 3.17. The molecule has 4 N–H and O–H groups in total. The standard InChI is InChI=1S/C16H18N4O6S/c1-3-4-26-16(25)11-8(2)12(13(17)22)27-14(11)19-10(21)7-20-6-9(5-18-20)15(23)24/h5-6H,3-4,7H2,1-2H3,(H2,17,22)(H,19,21)(H,23,24). The maximum absolute atomic E-state index is 12.3. The van der Waals surface area contributed by atoms with E-state index < -0.39 is 23.8 Å². The van der Waals surface area contributed by atoms with Crippen molar-refractivity contribution in [1.29, 1.82) is 0 Å². The van der Waals surface area contributed by atoms with Crippen molar-refractivity contribution < 1.29 is 29.0 Å². The van der Waals surface area contributed by atoms with Crippen LogP contribution < -0.4 is 11.1 Å². The smallest absolute Gasteiger partial charge is 0.341 e. The summed E-state index contributed by atoms with van der Waals surface area (Å²) in [4.78, 5) is 47.1. The summed E-state index contributed by atoms with van der Waals surface area (Å²) >= 11 is 0.874. The van der Waals surface area contributed by atoms with E-state index in [0.29, 0.717) is 12.0 Å². The zero-order valence-corrected chi connectivity index (χ0v) is 15.5. The van der Waals surface area contributed by atoms with Crippen molar-refractivity contribution in [3.05, 3.63) is 34.0 Å². The van der Waals surface area contributed by atoms with Gasteiger partial charge in [0, 0.05) is 6.20 Å². The number of esters is 1. The number of hydrogen-bond acceptors (Lipinski definition) is 7. The van der Waals surface area contributed by atoms with Crippen LogP contribution in [0.2, 0.25) is 0 Å². The van der Waals surface area contributed by atoms with Crippen LogP contribution in [0.1, 0.15) is 49.3 Å². The van der Waals surface area contributed by atoms with Crippen LogP contribution in [0.5, 0.6) is 0 Å². The van der Waals surface area contributed by atoms with E-state index in [-0.39, 0.29) is 34.2 Å². The molecular formula is C16H18N4O6S. The average molecular weight is 394 g/mol. The second kappa shape index (κ2) is 8.45. The number of carboxylic acids is 1. The number of thiophene rings is 1. The van der Waals surface area contributed by atoms with Gasteiger partial charge in [0.2, 0.25) is 5.91 Å². The maximum atomic E-state index is 12.3. The van der Waals surface area contributed by atoms with Gasteiger partial charge in [0.15, 0.2) is 0 Å². The van der Waals surface area contributed by atoms with E-state index in [1.807, 2.05) is 6.92 Å². The zero-order chi connectivity index (χ0) is 20.1. The van der Waals surface area contributed by atoms with Crippen molar-refractivity contribution >= 4 is 40.1 Å². The van der Waals surface area contributed by atoms with Crippen LogP contribution in [0.25, 0.3) is 0 Å². The van der Waals surface area contributed by atoms with Crippen LogP contribution >= 0.6 is 11.3 Å². The number of nitrogens with one attached hydrogen (secondary N) is 1. The van der Waals surface area contributed by atoms with Gasteiger partial charge < -0.3 is 20.9 Å². The van der Waals surface area contributed by atoms with Gasteiger partial charge in [0.25, 0.3) is 5.91 Å². The predicted molar refractivity (Wildman–Crippen MR) is 96.0 cm³/mol. The molecule has 0 unspecified atom stereocenters. The number of nitrogens with zero attached hydrogens (tertiary/aromatic N) is 2. The van der Waals surface area contributed by atoms with Gasteiger partial charge in [-0.2, -0.15) is 5.10 Å². The number of ether oxygens (including phenoxy) is 1. The first-order valence-electron chi connectivity index (χ1n) is 7.90.